The van der Waals surface area contributed by atoms with Crippen molar-refractivity contribution in [2.75, 3.05) is 6.54 Å². The van der Waals surface area contributed by atoms with Gasteiger partial charge in [-0.15, -0.1) is 0 Å². The lowest BCUT2D eigenvalue weighted by atomic mass is 9.84. The lowest BCUT2D eigenvalue weighted by Crippen LogP contribution is -2.30. The van der Waals surface area contributed by atoms with Crippen molar-refractivity contribution < 1.29 is 4.79 Å². The molecule has 0 saturated heterocycles. The predicted molar refractivity (Wildman–Crippen MR) is 84.2 cm³/mol. The van der Waals surface area contributed by atoms with Crippen molar-refractivity contribution in [3.05, 3.63) is 0 Å². The van der Waals surface area contributed by atoms with Crippen LogP contribution in [0.2, 0.25) is 0 Å². The summed E-state index contributed by atoms with van der Waals surface area (Å²) < 4.78 is 0. The van der Waals surface area contributed by atoms with Gasteiger partial charge in [-0.05, 0) is 30.1 Å². The number of hydrogen-bond acceptors (Lipinski definition) is 1. The third-order valence-electron chi connectivity index (χ3n) is 3.63. The fourth-order valence-corrected chi connectivity index (χ4v) is 2.71. The third kappa shape index (κ3) is 11.0. The SMILES string of the molecule is CCCCC(CC)CNC(=O)CC(C)CC(C)(C)C. The Balaban J connectivity index is 3.90. The largest absolute Gasteiger partial charge is 0.356 e. The molecule has 114 valence electrons. The van der Waals surface area contributed by atoms with E-state index in [4.69, 9.17) is 0 Å². The summed E-state index contributed by atoms with van der Waals surface area (Å²) in [5.74, 6) is 1.35. The van der Waals surface area contributed by atoms with Crippen LogP contribution in [0.4, 0.5) is 0 Å². The molecule has 0 radical (unpaired) electrons. The molecule has 1 N–H and O–H groups in total. The first-order valence-electron chi connectivity index (χ1n) is 8.05. The van der Waals surface area contributed by atoms with E-state index >= 15 is 0 Å². The quantitative estimate of drug-likeness (QED) is 0.641. The minimum atomic E-state index is 0.228. The molecule has 0 aliphatic rings. The average Bonchev–Trinajstić information content (AvgIpc) is 2.26. The van der Waals surface area contributed by atoms with Gasteiger partial charge in [0.1, 0.15) is 0 Å². The van der Waals surface area contributed by atoms with E-state index in [0.717, 1.165) is 19.4 Å². The molecular weight excluding hydrogens is 234 g/mol. The number of carbonyl (C=O) groups is 1. The maximum atomic E-state index is 11.9. The molecule has 0 aliphatic carbocycles. The van der Waals surface area contributed by atoms with E-state index in [0.29, 0.717) is 23.7 Å². The van der Waals surface area contributed by atoms with Gasteiger partial charge in [-0.2, -0.15) is 0 Å². The molecule has 1 amide bonds. The number of unbranched alkanes of at least 4 members (excludes halogenated alkanes) is 1. The second kappa shape index (κ2) is 9.39. The van der Waals surface area contributed by atoms with Gasteiger partial charge >= 0.3 is 0 Å². The van der Waals surface area contributed by atoms with Crippen LogP contribution in [0.25, 0.3) is 0 Å². The van der Waals surface area contributed by atoms with Gasteiger partial charge < -0.3 is 5.32 Å². The Labute approximate surface area is 120 Å². The molecule has 0 aliphatic heterocycles. The van der Waals surface area contributed by atoms with E-state index in [-0.39, 0.29) is 5.91 Å². The summed E-state index contributed by atoms with van der Waals surface area (Å²) in [7, 11) is 0. The molecule has 0 aromatic rings. The van der Waals surface area contributed by atoms with Crippen LogP contribution in [0.5, 0.6) is 0 Å². The average molecular weight is 269 g/mol. The molecule has 2 unspecified atom stereocenters. The van der Waals surface area contributed by atoms with E-state index in [1.54, 1.807) is 0 Å². The second-order valence-electron chi connectivity index (χ2n) is 7.29. The van der Waals surface area contributed by atoms with Gasteiger partial charge in [-0.1, -0.05) is 60.8 Å². The Morgan fingerprint density at radius 3 is 2.32 bits per heavy atom. The zero-order valence-corrected chi connectivity index (χ0v) is 14.0. The summed E-state index contributed by atoms with van der Waals surface area (Å²) in [4.78, 5) is 11.9. The van der Waals surface area contributed by atoms with E-state index < -0.39 is 0 Å². The molecule has 0 fully saturated rings. The molecule has 2 heteroatoms. The van der Waals surface area contributed by atoms with Gasteiger partial charge in [0.15, 0.2) is 0 Å². The van der Waals surface area contributed by atoms with Crippen molar-refractivity contribution >= 4 is 5.91 Å². The van der Waals surface area contributed by atoms with Crippen LogP contribution < -0.4 is 5.32 Å². The number of carbonyl (C=O) groups excluding carboxylic acids is 1. The first-order valence-corrected chi connectivity index (χ1v) is 8.05. The van der Waals surface area contributed by atoms with E-state index in [2.05, 4.69) is 46.9 Å². The zero-order valence-electron chi connectivity index (χ0n) is 14.0. The molecule has 0 aromatic carbocycles. The third-order valence-corrected chi connectivity index (χ3v) is 3.63. The van der Waals surface area contributed by atoms with Crippen molar-refractivity contribution in [3.8, 4) is 0 Å². The van der Waals surface area contributed by atoms with Crippen LogP contribution in [-0.2, 0) is 4.79 Å². The van der Waals surface area contributed by atoms with Crippen molar-refractivity contribution in [1.82, 2.24) is 5.32 Å². The number of rotatable bonds is 9. The highest BCUT2D eigenvalue weighted by molar-refractivity contribution is 5.76. The minimum Gasteiger partial charge on any atom is -0.356 e. The van der Waals surface area contributed by atoms with Gasteiger partial charge in [0.25, 0.3) is 0 Å². The fraction of sp³-hybridized carbons (Fsp3) is 0.941. The van der Waals surface area contributed by atoms with Crippen molar-refractivity contribution in [2.24, 2.45) is 17.3 Å². The van der Waals surface area contributed by atoms with Gasteiger partial charge in [0.2, 0.25) is 5.91 Å². The Morgan fingerprint density at radius 2 is 1.84 bits per heavy atom. The first kappa shape index (κ1) is 18.5. The zero-order chi connectivity index (χ0) is 14.9. The van der Waals surface area contributed by atoms with Crippen LogP contribution in [0.1, 0.15) is 80.1 Å². The maximum Gasteiger partial charge on any atom is 0.220 e. The van der Waals surface area contributed by atoms with Gasteiger partial charge in [-0.25, -0.2) is 0 Å². The minimum absolute atomic E-state index is 0.228. The Bertz CT molecular complexity index is 242. The van der Waals surface area contributed by atoms with Gasteiger partial charge in [0, 0.05) is 13.0 Å². The standard InChI is InChI=1S/C17H35NO/c1-7-9-10-15(8-2)13-18-16(19)11-14(3)12-17(4,5)6/h14-15H,7-13H2,1-6H3,(H,18,19). The number of nitrogens with one attached hydrogen (secondary N) is 1. The molecular formula is C17H35NO. The molecule has 0 bridgehead atoms. The molecule has 2 nitrogen and oxygen atoms in total. The first-order chi connectivity index (χ1) is 8.78. The lowest BCUT2D eigenvalue weighted by Gasteiger charge is -2.23. The molecule has 0 rings (SSSR count). The summed E-state index contributed by atoms with van der Waals surface area (Å²) >= 11 is 0. The Kier molecular flexibility index (Phi) is 9.12. The second-order valence-corrected chi connectivity index (χ2v) is 7.29. The molecule has 0 aromatic heterocycles. The van der Waals surface area contributed by atoms with Gasteiger partial charge in [0.05, 0.1) is 0 Å². The summed E-state index contributed by atoms with van der Waals surface area (Å²) in [5, 5.41) is 3.12. The highest BCUT2D eigenvalue weighted by Crippen LogP contribution is 2.25. The molecule has 19 heavy (non-hydrogen) atoms. The van der Waals surface area contributed by atoms with Crippen LogP contribution in [-0.4, -0.2) is 12.5 Å². The maximum absolute atomic E-state index is 11.9. The van der Waals surface area contributed by atoms with Crippen LogP contribution in [0.3, 0.4) is 0 Å². The lowest BCUT2D eigenvalue weighted by molar-refractivity contribution is -0.122. The molecule has 0 saturated carbocycles. The highest BCUT2D eigenvalue weighted by atomic mass is 16.1. The molecule has 2 atom stereocenters. The van der Waals surface area contributed by atoms with E-state index in [1.807, 2.05) is 0 Å². The van der Waals surface area contributed by atoms with Crippen molar-refractivity contribution in [2.45, 2.75) is 80.1 Å². The smallest absolute Gasteiger partial charge is 0.220 e. The molecule has 0 heterocycles. The number of hydrogen-bond donors (Lipinski definition) is 1. The Hall–Kier alpha value is -0.530. The van der Waals surface area contributed by atoms with E-state index in [1.165, 1.54) is 19.3 Å². The highest BCUT2D eigenvalue weighted by Gasteiger charge is 2.18. The number of amides is 1. The topological polar surface area (TPSA) is 29.1 Å². The summed E-state index contributed by atoms with van der Waals surface area (Å²) in [6, 6.07) is 0. The summed E-state index contributed by atoms with van der Waals surface area (Å²) in [6.45, 7) is 14.2. The molecule has 0 spiro atoms. The fourth-order valence-electron chi connectivity index (χ4n) is 2.71. The summed E-state index contributed by atoms with van der Waals surface area (Å²) in [6.07, 6.45) is 6.69. The van der Waals surface area contributed by atoms with Crippen LogP contribution in [0, 0.1) is 17.3 Å². The normalized spacial score (nSPS) is 15.1. The summed E-state index contributed by atoms with van der Waals surface area (Å²) in [5.41, 5.74) is 0.312. The van der Waals surface area contributed by atoms with Crippen molar-refractivity contribution in [1.29, 1.82) is 0 Å². The van der Waals surface area contributed by atoms with Gasteiger partial charge in [-0.3, -0.25) is 4.79 Å². The monoisotopic (exact) mass is 269 g/mol. The van der Waals surface area contributed by atoms with E-state index in [9.17, 15) is 4.79 Å². The van der Waals surface area contributed by atoms with Crippen molar-refractivity contribution in [3.63, 3.8) is 0 Å². The Morgan fingerprint density at radius 1 is 1.21 bits per heavy atom. The predicted octanol–water partition coefficient (Wildman–Crippen LogP) is 4.78. The van der Waals surface area contributed by atoms with Crippen LogP contribution >= 0.6 is 0 Å². The van der Waals surface area contributed by atoms with Crippen LogP contribution in [0.15, 0.2) is 0 Å².